The molecule has 1 amide bonds. The number of nitrogens with two attached hydrogens (primary N) is 1. The number of halogens is 1. The summed E-state index contributed by atoms with van der Waals surface area (Å²) in [7, 11) is 4.57. The Morgan fingerprint density at radius 2 is 1.45 bits per heavy atom. The van der Waals surface area contributed by atoms with Crippen LogP contribution in [0, 0.1) is 0 Å². The molecule has 3 N–H and O–H groups in total. The second-order valence-electron chi connectivity index (χ2n) is 8.30. The van der Waals surface area contributed by atoms with E-state index in [0.717, 1.165) is 44.9 Å². The second-order valence-corrected chi connectivity index (χ2v) is 8.30. The Morgan fingerprint density at radius 1 is 0.935 bits per heavy atom. The smallest absolute Gasteiger partial charge is 0.331 e. The third-order valence-corrected chi connectivity index (χ3v) is 6.15. The Hall–Kier alpha value is -2.06. The first-order chi connectivity index (χ1) is 14.3. The standard InChI is InChI=1S/C14H20N2O3.C8H15NO2.ClH/c1-16-10-6-7-11(16)12(17)15-14(13(18)19-2)8-4-3-5-9-14;1-11-7(10)8(9)5-3-2-4-6-8;/h6-7,10H,3-5,8-9H2,1-2H3,(H,15,17);2-6,9H2,1H3;1H. The number of esters is 2. The number of aryl methyl sites for hydroxylation is 1. The van der Waals surface area contributed by atoms with Gasteiger partial charge in [-0.25, -0.2) is 4.79 Å². The molecular weight excluding hydrogens is 422 g/mol. The molecule has 3 rings (SSSR count). The van der Waals surface area contributed by atoms with Gasteiger partial charge in [-0.15, -0.1) is 12.4 Å². The topological polar surface area (TPSA) is 113 Å². The first kappa shape index (κ1) is 27.0. The molecule has 2 saturated carbocycles. The van der Waals surface area contributed by atoms with Crippen LogP contribution in [-0.4, -0.2) is 47.7 Å². The quantitative estimate of drug-likeness (QED) is 0.672. The van der Waals surface area contributed by atoms with E-state index >= 15 is 0 Å². The maximum absolute atomic E-state index is 12.3. The number of carbonyl (C=O) groups is 3. The summed E-state index contributed by atoms with van der Waals surface area (Å²) in [6.07, 6.45) is 10.9. The number of ether oxygens (including phenoxy) is 2. The molecule has 1 heterocycles. The maximum atomic E-state index is 12.3. The Labute approximate surface area is 190 Å². The van der Waals surface area contributed by atoms with Gasteiger partial charge in [0.25, 0.3) is 5.91 Å². The summed E-state index contributed by atoms with van der Waals surface area (Å²) in [5, 5.41) is 2.89. The average molecular weight is 458 g/mol. The fourth-order valence-corrected chi connectivity index (χ4v) is 4.30. The summed E-state index contributed by atoms with van der Waals surface area (Å²) in [4.78, 5) is 35.5. The van der Waals surface area contributed by atoms with Gasteiger partial charge in [0.1, 0.15) is 16.8 Å². The first-order valence-corrected chi connectivity index (χ1v) is 10.7. The normalized spacial score (nSPS) is 19.0. The van der Waals surface area contributed by atoms with Crippen molar-refractivity contribution in [3.8, 4) is 0 Å². The third kappa shape index (κ3) is 6.71. The molecule has 2 aliphatic rings. The monoisotopic (exact) mass is 457 g/mol. The molecular formula is C22H36ClN3O5. The fraction of sp³-hybridized carbons (Fsp3) is 0.682. The van der Waals surface area contributed by atoms with Gasteiger partial charge in [0, 0.05) is 13.2 Å². The van der Waals surface area contributed by atoms with E-state index in [1.54, 1.807) is 29.9 Å². The molecule has 1 aromatic rings. The number of aromatic nitrogens is 1. The lowest BCUT2D eigenvalue weighted by atomic mass is 9.81. The summed E-state index contributed by atoms with van der Waals surface area (Å²) < 4.78 is 11.2. The number of nitrogens with zero attached hydrogens (tertiary/aromatic N) is 1. The number of hydrogen-bond donors (Lipinski definition) is 2. The van der Waals surface area contributed by atoms with Crippen molar-refractivity contribution in [2.75, 3.05) is 14.2 Å². The van der Waals surface area contributed by atoms with E-state index in [9.17, 15) is 14.4 Å². The molecule has 2 fully saturated rings. The molecule has 0 aromatic carbocycles. The molecule has 2 aliphatic carbocycles. The number of hydrogen-bond acceptors (Lipinski definition) is 6. The van der Waals surface area contributed by atoms with Crippen LogP contribution in [0.1, 0.15) is 74.7 Å². The minimum absolute atomic E-state index is 0. The molecule has 0 atom stereocenters. The molecule has 0 spiro atoms. The van der Waals surface area contributed by atoms with E-state index in [4.69, 9.17) is 10.5 Å². The van der Waals surface area contributed by atoms with E-state index in [0.29, 0.717) is 18.5 Å². The van der Waals surface area contributed by atoms with Crippen LogP contribution in [0.5, 0.6) is 0 Å². The van der Waals surface area contributed by atoms with Crippen molar-refractivity contribution in [2.24, 2.45) is 12.8 Å². The first-order valence-electron chi connectivity index (χ1n) is 10.7. The fourth-order valence-electron chi connectivity index (χ4n) is 4.30. The highest BCUT2D eigenvalue weighted by atomic mass is 35.5. The van der Waals surface area contributed by atoms with Gasteiger partial charge in [-0.1, -0.05) is 38.5 Å². The zero-order chi connectivity index (χ0) is 22.2. The van der Waals surface area contributed by atoms with Gasteiger partial charge < -0.3 is 25.1 Å². The highest BCUT2D eigenvalue weighted by Gasteiger charge is 2.42. The molecule has 0 aliphatic heterocycles. The highest BCUT2D eigenvalue weighted by molar-refractivity contribution is 5.97. The Balaban J connectivity index is 0.000000344. The van der Waals surface area contributed by atoms with E-state index in [1.165, 1.54) is 20.6 Å². The second kappa shape index (κ2) is 12.1. The van der Waals surface area contributed by atoms with E-state index in [-0.39, 0.29) is 30.3 Å². The Bertz CT molecular complexity index is 737. The molecule has 1 aromatic heterocycles. The zero-order valence-electron chi connectivity index (χ0n) is 18.8. The maximum Gasteiger partial charge on any atom is 0.331 e. The van der Waals surface area contributed by atoms with Gasteiger partial charge in [-0.2, -0.15) is 0 Å². The van der Waals surface area contributed by atoms with Crippen LogP contribution in [0.3, 0.4) is 0 Å². The van der Waals surface area contributed by atoms with Crippen molar-refractivity contribution in [1.82, 2.24) is 9.88 Å². The van der Waals surface area contributed by atoms with Crippen molar-refractivity contribution in [1.29, 1.82) is 0 Å². The summed E-state index contributed by atoms with van der Waals surface area (Å²) in [5.41, 5.74) is 4.86. The average Bonchev–Trinajstić information content (AvgIpc) is 3.20. The lowest BCUT2D eigenvalue weighted by Gasteiger charge is -2.35. The largest absolute Gasteiger partial charge is 0.468 e. The Kier molecular flexibility index (Phi) is 10.5. The number of amides is 1. The highest BCUT2D eigenvalue weighted by Crippen LogP contribution is 2.30. The van der Waals surface area contributed by atoms with Gasteiger partial charge in [0.05, 0.1) is 14.2 Å². The van der Waals surface area contributed by atoms with Crippen LogP contribution >= 0.6 is 12.4 Å². The predicted octanol–water partition coefficient (Wildman–Crippen LogP) is 2.87. The van der Waals surface area contributed by atoms with Gasteiger partial charge in [0.2, 0.25) is 0 Å². The van der Waals surface area contributed by atoms with Gasteiger partial charge in [0.15, 0.2) is 0 Å². The van der Waals surface area contributed by atoms with Crippen LogP contribution in [-0.2, 0) is 26.1 Å². The van der Waals surface area contributed by atoms with Crippen molar-refractivity contribution >= 4 is 30.3 Å². The van der Waals surface area contributed by atoms with Gasteiger partial charge >= 0.3 is 11.9 Å². The zero-order valence-corrected chi connectivity index (χ0v) is 19.6. The summed E-state index contributed by atoms with van der Waals surface area (Å²) in [5.74, 6) is -0.813. The van der Waals surface area contributed by atoms with Crippen LogP contribution in [0.2, 0.25) is 0 Å². The van der Waals surface area contributed by atoms with E-state index < -0.39 is 11.1 Å². The summed E-state index contributed by atoms with van der Waals surface area (Å²) in [6.45, 7) is 0. The van der Waals surface area contributed by atoms with Gasteiger partial charge in [-0.05, 0) is 37.8 Å². The molecule has 0 saturated heterocycles. The summed E-state index contributed by atoms with van der Waals surface area (Å²) >= 11 is 0. The molecule has 8 nitrogen and oxygen atoms in total. The minimum Gasteiger partial charge on any atom is -0.468 e. The molecule has 0 bridgehead atoms. The van der Waals surface area contributed by atoms with Crippen LogP contribution in [0.4, 0.5) is 0 Å². The molecule has 176 valence electrons. The van der Waals surface area contributed by atoms with Crippen LogP contribution in [0.15, 0.2) is 18.3 Å². The molecule has 0 unspecified atom stereocenters. The van der Waals surface area contributed by atoms with Crippen LogP contribution in [0.25, 0.3) is 0 Å². The van der Waals surface area contributed by atoms with Crippen molar-refractivity contribution in [3.63, 3.8) is 0 Å². The number of rotatable bonds is 4. The number of nitrogens with one attached hydrogen (secondary N) is 1. The minimum atomic E-state index is -0.853. The third-order valence-electron chi connectivity index (χ3n) is 6.15. The summed E-state index contributed by atoms with van der Waals surface area (Å²) in [6, 6.07) is 3.55. The van der Waals surface area contributed by atoms with Crippen LogP contribution < -0.4 is 11.1 Å². The molecule has 0 radical (unpaired) electrons. The van der Waals surface area contributed by atoms with Crippen molar-refractivity contribution in [3.05, 3.63) is 24.0 Å². The van der Waals surface area contributed by atoms with E-state index in [2.05, 4.69) is 10.1 Å². The molecule has 9 heteroatoms. The van der Waals surface area contributed by atoms with Gasteiger partial charge in [-0.3, -0.25) is 9.59 Å². The number of carbonyl (C=O) groups excluding carboxylic acids is 3. The SMILES string of the molecule is COC(=O)C1(N)CCCCC1.COC(=O)C1(NC(=O)c2cccn2C)CCCCC1.Cl. The van der Waals surface area contributed by atoms with E-state index in [1.807, 2.05) is 0 Å². The lowest BCUT2D eigenvalue weighted by molar-refractivity contribution is -0.150. The predicted molar refractivity (Wildman–Crippen MR) is 120 cm³/mol. The number of methoxy groups -OCH3 is 2. The van der Waals surface area contributed by atoms with Crippen molar-refractivity contribution < 1.29 is 23.9 Å². The Morgan fingerprint density at radius 3 is 1.90 bits per heavy atom. The lowest BCUT2D eigenvalue weighted by Crippen LogP contribution is -2.56. The molecule has 31 heavy (non-hydrogen) atoms. The van der Waals surface area contributed by atoms with Crippen molar-refractivity contribution in [2.45, 2.75) is 75.3 Å².